The summed E-state index contributed by atoms with van der Waals surface area (Å²) in [5.41, 5.74) is 2.28. The molecule has 0 amide bonds. The van der Waals surface area contributed by atoms with Crippen LogP contribution in [0.15, 0.2) is 27.8 Å². The number of halogens is 1. The van der Waals surface area contributed by atoms with E-state index in [1.807, 2.05) is 12.1 Å². The van der Waals surface area contributed by atoms with Gasteiger partial charge in [-0.15, -0.1) is 0 Å². The van der Waals surface area contributed by atoms with E-state index in [4.69, 9.17) is 11.6 Å². The van der Waals surface area contributed by atoms with Crippen molar-refractivity contribution in [2.75, 3.05) is 43.1 Å². The minimum absolute atomic E-state index is 0.836. The van der Waals surface area contributed by atoms with Crippen LogP contribution in [0.5, 0.6) is 0 Å². The topological polar surface area (TPSA) is 30.5 Å². The van der Waals surface area contributed by atoms with Gasteiger partial charge in [0.1, 0.15) is 0 Å². The highest BCUT2D eigenvalue weighted by Crippen LogP contribution is 2.55. The van der Waals surface area contributed by atoms with Crippen molar-refractivity contribution in [3.8, 4) is 0 Å². The molecule has 1 aromatic rings. The molecule has 8 heteroatoms. The van der Waals surface area contributed by atoms with Crippen molar-refractivity contribution >= 4 is 57.3 Å². The summed E-state index contributed by atoms with van der Waals surface area (Å²) in [4.78, 5) is 2.43. The quantitative estimate of drug-likeness (QED) is 0.650. The molecule has 2 heterocycles. The summed E-state index contributed by atoms with van der Waals surface area (Å²) in [6, 6.07) is 6.17. The Bertz CT molecular complexity index is 619. The zero-order valence-corrected chi connectivity index (χ0v) is 17.5. The Morgan fingerprint density at radius 3 is 2.75 bits per heavy atom. The average Bonchev–Trinajstić information content (AvgIpc) is 2.88. The summed E-state index contributed by atoms with van der Waals surface area (Å²) in [6.07, 6.45) is 6.04. The molecule has 2 N–H and O–H groups in total. The summed E-state index contributed by atoms with van der Waals surface area (Å²) in [5.74, 6) is 0. The van der Waals surface area contributed by atoms with Gasteiger partial charge in [-0.3, -0.25) is 4.31 Å². The highest BCUT2D eigenvalue weighted by atomic mass is 35.5. The Morgan fingerprint density at radius 2 is 2.04 bits per heavy atom. The van der Waals surface area contributed by atoms with Crippen molar-refractivity contribution in [3.05, 3.63) is 32.9 Å². The smallest absolute Gasteiger partial charge is 0.0799 e. The Labute approximate surface area is 160 Å². The fourth-order valence-corrected chi connectivity index (χ4v) is 8.42. The third kappa shape index (κ3) is 4.51. The van der Waals surface area contributed by atoms with Crippen LogP contribution in [0.1, 0.15) is 19.3 Å². The van der Waals surface area contributed by atoms with Gasteiger partial charge >= 0.3 is 0 Å². The largest absolute Gasteiger partial charge is 0.369 e. The Hall–Kier alpha value is -0.180. The maximum Gasteiger partial charge on any atom is 0.0799 e. The third-order valence-electron chi connectivity index (χ3n) is 3.90. The molecule has 2 aliphatic heterocycles. The number of rotatable bonds is 5. The summed E-state index contributed by atoms with van der Waals surface area (Å²) < 4.78 is 10.7. The number of para-hydroxylation sites is 1. The van der Waals surface area contributed by atoms with Crippen LogP contribution in [0.3, 0.4) is 0 Å². The molecule has 3 rings (SSSR count). The first-order valence-electron chi connectivity index (χ1n) is 8.07. The molecular weight excluding hydrogens is 380 g/mol. The lowest BCUT2D eigenvalue weighted by atomic mass is 10.1. The van der Waals surface area contributed by atoms with Gasteiger partial charge in [-0.25, -0.2) is 4.13 Å². The third-order valence-corrected chi connectivity index (χ3v) is 9.03. The molecule has 0 spiro atoms. The van der Waals surface area contributed by atoms with E-state index in [1.54, 1.807) is 23.9 Å². The second-order valence-electron chi connectivity index (χ2n) is 6.29. The molecule has 2 aliphatic rings. The summed E-state index contributed by atoms with van der Waals surface area (Å²) in [6.45, 7) is 2.18. The molecule has 1 atom stereocenters. The predicted octanol–water partition coefficient (Wildman–Crippen LogP) is 5.27. The van der Waals surface area contributed by atoms with Gasteiger partial charge in [-0.1, -0.05) is 28.1 Å². The Balaban J connectivity index is 1.82. The molecule has 1 fully saturated rings. The molecule has 1 unspecified atom stereocenters. The van der Waals surface area contributed by atoms with E-state index >= 15 is 0 Å². The minimum atomic E-state index is -1.26. The lowest BCUT2D eigenvalue weighted by Gasteiger charge is -2.36. The van der Waals surface area contributed by atoms with E-state index in [0.29, 0.717) is 0 Å². The van der Waals surface area contributed by atoms with Crippen LogP contribution in [-0.4, -0.2) is 37.7 Å². The molecule has 0 radical (unpaired) electrons. The number of hydrogen-bond acceptors (Lipinski definition) is 6. The van der Waals surface area contributed by atoms with Crippen LogP contribution in [0, 0.1) is 0 Å². The Kier molecular flexibility index (Phi) is 6.21. The molecule has 0 saturated carbocycles. The lowest BCUT2D eigenvalue weighted by molar-refractivity contribution is 0.578. The number of anilines is 2. The molecule has 24 heavy (non-hydrogen) atoms. The van der Waals surface area contributed by atoms with E-state index in [0.717, 1.165) is 29.5 Å². The van der Waals surface area contributed by atoms with Crippen LogP contribution in [0.4, 0.5) is 11.4 Å². The first kappa shape index (κ1) is 18.6. The van der Waals surface area contributed by atoms with Gasteiger partial charge in [0.15, 0.2) is 0 Å². The maximum atomic E-state index is 6.57. The van der Waals surface area contributed by atoms with Gasteiger partial charge in [0.05, 0.1) is 20.6 Å². The van der Waals surface area contributed by atoms with E-state index in [-0.39, 0.29) is 0 Å². The maximum absolute atomic E-state index is 6.57. The highest BCUT2D eigenvalue weighted by Gasteiger charge is 2.27. The summed E-state index contributed by atoms with van der Waals surface area (Å²) >= 11 is 10.0. The van der Waals surface area contributed by atoms with E-state index in [1.165, 1.54) is 23.5 Å². The van der Waals surface area contributed by atoms with Gasteiger partial charge < -0.3 is 9.62 Å². The van der Waals surface area contributed by atoms with Crippen molar-refractivity contribution in [1.82, 2.24) is 8.43 Å². The molecule has 1 aromatic carbocycles. The molecule has 0 aromatic heterocycles. The molecule has 1 saturated heterocycles. The van der Waals surface area contributed by atoms with Gasteiger partial charge in [0.25, 0.3) is 0 Å². The second-order valence-corrected chi connectivity index (χ2v) is 12.0. The van der Waals surface area contributed by atoms with Crippen LogP contribution >= 0.6 is 45.9 Å². The van der Waals surface area contributed by atoms with Crippen LogP contribution in [-0.2, 0) is 0 Å². The highest BCUT2D eigenvalue weighted by molar-refractivity contribution is 8.44. The monoisotopic (exact) mass is 404 g/mol. The van der Waals surface area contributed by atoms with Crippen LogP contribution in [0.25, 0.3) is 0 Å². The van der Waals surface area contributed by atoms with Crippen molar-refractivity contribution < 1.29 is 0 Å². The fourth-order valence-electron chi connectivity index (χ4n) is 2.90. The number of benzene rings is 1. The van der Waals surface area contributed by atoms with Crippen LogP contribution in [0.2, 0.25) is 5.02 Å². The van der Waals surface area contributed by atoms with E-state index in [9.17, 15) is 0 Å². The van der Waals surface area contributed by atoms with E-state index < -0.39 is 10.4 Å². The summed E-state index contributed by atoms with van der Waals surface area (Å²) in [5, 5.41) is 3.16. The predicted molar refractivity (Wildman–Crippen MR) is 115 cm³/mol. The fraction of sp³-hybridized carbons (Fsp3) is 0.500. The van der Waals surface area contributed by atoms with Gasteiger partial charge in [0.2, 0.25) is 0 Å². The SMILES string of the molecule is CN(C)SC1=CS(C)(Nc2cccc(Cl)c2N2CCCCC2)NS1. The number of nitrogens with one attached hydrogen (secondary N) is 2. The normalized spacial score (nSPS) is 27.0. The number of nitrogens with zero attached hydrogens (tertiary/aromatic N) is 2. The standard InChI is InChI=1S/C16H25ClN4S3/c1-20(2)23-15-12-24(3,19-22-15)18-14-9-7-8-13(17)16(14)21-10-5-4-6-11-21/h7-9,12,18-19H,4-6,10-11H2,1-3H3. The molecule has 4 nitrogen and oxygen atoms in total. The number of hydrogen-bond donors (Lipinski definition) is 2. The minimum Gasteiger partial charge on any atom is -0.369 e. The molecule has 0 aliphatic carbocycles. The summed E-state index contributed by atoms with van der Waals surface area (Å²) in [7, 11) is 2.87. The first-order chi connectivity index (χ1) is 11.5. The van der Waals surface area contributed by atoms with Gasteiger partial charge in [-0.05, 0) is 75.6 Å². The van der Waals surface area contributed by atoms with Crippen molar-refractivity contribution in [2.24, 2.45) is 0 Å². The molecule has 134 valence electrons. The van der Waals surface area contributed by atoms with Crippen molar-refractivity contribution in [2.45, 2.75) is 19.3 Å². The molecule has 0 bridgehead atoms. The lowest BCUT2D eigenvalue weighted by Crippen LogP contribution is -2.30. The van der Waals surface area contributed by atoms with Crippen molar-refractivity contribution in [1.29, 1.82) is 0 Å². The molecular formula is C16H25ClN4S3. The van der Waals surface area contributed by atoms with E-state index in [2.05, 4.69) is 49.9 Å². The zero-order chi connectivity index (χ0) is 17.2. The Morgan fingerprint density at radius 1 is 1.29 bits per heavy atom. The zero-order valence-electron chi connectivity index (χ0n) is 14.3. The average molecular weight is 405 g/mol. The van der Waals surface area contributed by atoms with Crippen LogP contribution < -0.4 is 13.7 Å². The second kappa shape index (κ2) is 8.01. The van der Waals surface area contributed by atoms with Crippen molar-refractivity contribution in [3.63, 3.8) is 0 Å². The van der Waals surface area contributed by atoms with Gasteiger partial charge in [0, 0.05) is 18.5 Å². The van der Waals surface area contributed by atoms with Gasteiger partial charge in [-0.2, -0.15) is 0 Å². The first-order valence-corrected chi connectivity index (χ1v) is 12.1. The number of piperidine rings is 1.